The molecule has 0 bridgehead atoms. The molecule has 1 heterocycles. The molecule has 2 aliphatic rings. The molecule has 3 heteroatoms. The van der Waals surface area contributed by atoms with Gasteiger partial charge in [-0.1, -0.05) is 33.1 Å². The molecule has 0 spiro atoms. The average molecular weight is 252 g/mol. The molecule has 2 fully saturated rings. The van der Waals surface area contributed by atoms with Gasteiger partial charge < -0.3 is 4.90 Å². The van der Waals surface area contributed by atoms with Crippen molar-refractivity contribution in [3.63, 3.8) is 0 Å². The van der Waals surface area contributed by atoms with Gasteiger partial charge in [0.2, 0.25) is 5.91 Å². The van der Waals surface area contributed by atoms with Crippen LogP contribution in [0.1, 0.15) is 65.7 Å². The summed E-state index contributed by atoms with van der Waals surface area (Å²) >= 11 is 0. The number of rotatable bonds is 7. The molecule has 1 N–H and O–H groups in total. The topological polar surface area (TPSA) is 32.3 Å². The van der Waals surface area contributed by atoms with Crippen LogP contribution in [0.2, 0.25) is 0 Å². The highest BCUT2D eigenvalue weighted by Gasteiger charge is 2.44. The molecular formula is C15H28N2O. The minimum Gasteiger partial charge on any atom is -0.323 e. The van der Waals surface area contributed by atoms with E-state index < -0.39 is 0 Å². The van der Waals surface area contributed by atoms with Crippen molar-refractivity contribution in [2.75, 3.05) is 0 Å². The number of hydrogen-bond acceptors (Lipinski definition) is 2. The zero-order valence-electron chi connectivity index (χ0n) is 12.1. The lowest BCUT2D eigenvalue weighted by molar-refractivity contribution is -0.132. The monoisotopic (exact) mass is 252 g/mol. The zero-order chi connectivity index (χ0) is 13.1. The maximum atomic E-state index is 12.5. The Balaban J connectivity index is 2.01. The van der Waals surface area contributed by atoms with Gasteiger partial charge in [-0.2, -0.15) is 0 Å². The number of nitrogens with zero attached hydrogens (tertiary/aromatic N) is 1. The number of amides is 1. The molecule has 3 unspecified atom stereocenters. The molecule has 0 aromatic rings. The van der Waals surface area contributed by atoms with Crippen molar-refractivity contribution in [2.45, 2.75) is 84.0 Å². The molecule has 0 aromatic heterocycles. The van der Waals surface area contributed by atoms with Gasteiger partial charge in [0.25, 0.3) is 0 Å². The summed E-state index contributed by atoms with van der Waals surface area (Å²) in [6, 6.07) is 0.524. The van der Waals surface area contributed by atoms with Crippen molar-refractivity contribution in [2.24, 2.45) is 5.92 Å². The molecule has 104 valence electrons. The summed E-state index contributed by atoms with van der Waals surface area (Å²) in [5.74, 6) is 1.13. The van der Waals surface area contributed by atoms with Crippen LogP contribution in [0, 0.1) is 5.92 Å². The maximum Gasteiger partial charge on any atom is 0.241 e. The van der Waals surface area contributed by atoms with E-state index in [-0.39, 0.29) is 6.04 Å². The highest BCUT2D eigenvalue weighted by atomic mass is 16.2. The van der Waals surface area contributed by atoms with Gasteiger partial charge in [-0.05, 0) is 38.5 Å². The van der Waals surface area contributed by atoms with Gasteiger partial charge in [-0.3, -0.25) is 10.1 Å². The zero-order valence-corrected chi connectivity index (χ0v) is 12.1. The highest BCUT2D eigenvalue weighted by Crippen LogP contribution is 2.37. The van der Waals surface area contributed by atoms with E-state index in [0.717, 1.165) is 31.6 Å². The fourth-order valence-electron chi connectivity index (χ4n) is 3.12. The standard InChI is InChI=1S/C15H28N2O/c1-4-6-8-13-15(18)17(11(3)12-9-10-12)14(16-13)7-5-2/h11-14,16H,4-10H2,1-3H3. The molecule has 1 saturated carbocycles. The first-order valence-corrected chi connectivity index (χ1v) is 7.77. The first-order chi connectivity index (χ1) is 8.69. The van der Waals surface area contributed by atoms with E-state index in [9.17, 15) is 4.79 Å². The maximum absolute atomic E-state index is 12.5. The Kier molecular flexibility index (Phi) is 4.66. The van der Waals surface area contributed by atoms with E-state index in [1.807, 2.05) is 0 Å². The Hall–Kier alpha value is -0.570. The molecule has 18 heavy (non-hydrogen) atoms. The SMILES string of the molecule is CCCCC1NC(CCC)N(C(C)C2CC2)C1=O. The smallest absolute Gasteiger partial charge is 0.241 e. The van der Waals surface area contributed by atoms with Crippen LogP contribution in [0.3, 0.4) is 0 Å². The van der Waals surface area contributed by atoms with Gasteiger partial charge in [0.1, 0.15) is 0 Å². The van der Waals surface area contributed by atoms with Crippen molar-refractivity contribution < 1.29 is 4.79 Å². The van der Waals surface area contributed by atoms with Crippen molar-refractivity contribution in [1.82, 2.24) is 10.2 Å². The van der Waals surface area contributed by atoms with Crippen molar-refractivity contribution in [1.29, 1.82) is 0 Å². The van der Waals surface area contributed by atoms with Crippen LogP contribution in [-0.2, 0) is 4.79 Å². The van der Waals surface area contributed by atoms with Crippen LogP contribution in [0.4, 0.5) is 0 Å². The summed E-state index contributed by atoms with van der Waals surface area (Å²) in [5, 5.41) is 3.57. The van der Waals surface area contributed by atoms with Crippen molar-refractivity contribution >= 4 is 5.91 Å². The van der Waals surface area contributed by atoms with Crippen LogP contribution in [0.5, 0.6) is 0 Å². The van der Waals surface area contributed by atoms with Crippen LogP contribution in [-0.4, -0.2) is 29.1 Å². The molecule has 2 rings (SSSR count). The Bertz CT molecular complexity index is 288. The van der Waals surface area contributed by atoms with Gasteiger partial charge in [0.15, 0.2) is 0 Å². The predicted octanol–water partition coefficient (Wildman–Crippen LogP) is 2.90. The minimum atomic E-state index is 0.0858. The van der Waals surface area contributed by atoms with Crippen LogP contribution >= 0.6 is 0 Å². The Morgan fingerprint density at radius 3 is 2.56 bits per heavy atom. The van der Waals surface area contributed by atoms with Crippen molar-refractivity contribution in [3.05, 3.63) is 0 Å². The van der Waals surface area contributed by atoms with Crippen molar-refractivity contribution in [3.8, 4) is 0 Å². The van der Waals surface area contributed by atoms with E-state index >= 15 is 0 Å². The molecule has 3 nitrogen and oxygen atoms in total. The summed E-state index contributed by atoms with van der Waals surface area (Å²) in [5.41, 5.74) is 0. The van der Waals surface area contributed by atoms with Gasteiger partial charge in [-0.25, -0.2) is 0 Å². The number of carbonyl (C=O) groups excluding carboxylic acids is 1. The largest absolute Gasteiger partial charge is 0.323 e. The van der Waals surface area contributed by atoms with E-state index in [2.05, 4.69) is 31.0 Å². The lowest BCUT2D eigenvalue weighted by Gasteiger charge is -2.30. The van der Waals surface area contributed by atoms with E-state index in [1.54, 1.807) is 0 Å². The third kappa shape index (κ3) is 2.87. The average Bonchev–Trinajstić information content (AvgIpc) is 3.14. The van der Waals surface area contributed by atoms with E-state index in [4.69, 9.17) is 0 Å². The molecule has 3 atom stereocenters. The highest BCUT2D eigenvalue weighted by molar-refractivity contribution is 5.84. The normalized spacial score (nSPS) is 29.9. The second kappa shape index (κ2) is 6.05. The summed E-state index contributed by atoms with van der Waals surface area (Å²) in [7, 11) is 0. The summed E-state index contributed by atoms with van der Waals surface area (Å²) < 4.78 is 0. The first-order valence-electron chi connectivity index (χ1n) is 7.77. The molecular weight excluding hydrogens is 224 g/mol. The molecule has 0 radical (unpaired) electrons. The number of hydrogen-bond donors (Lipinski definition) is 1. The van der Waals surface area contributed by atoms with E-state index in [0.29, 0.717) is 18.1 Å². The minimum absolute atomic E-state index is 0.0858. The fraction of sp³-hybridized carbons (Fsp3) is 0.933. The molecule has 1 saturated heterocycles. The van der Waals surface area contributed by atoms with Crippen LogP contribution in [0.15, 0.2) is 0 Å². The third-order valence-corrected chi connectivity index (χ3v) is 4.43. The van der Waals surface area contributed by atoms with Gasteiger partial charge in [-0.15, -0.1) is 0 Å². The second-order valence-electron chi connectivity index (χ2n) is 5.99. The first kappa shape index (κ1) is 13.9. The lowest BCUT2D eigenvalue weighted by Crippen LogP contribution is -2.44. The van der Waals surface area contributed by atoms with Crippen LogP contribution < -0.4 is 5.32 Å². The number of carbonyl (C=O) groups is 1. The Labute approximate surface area is 111 Å². The van der Waals surface area contributed by atoms with Gasteiger partial charge in [0.05, 0.1) is 12.2 Å². The number of nitrogens with one attached hydrogen (secondary N) is 1. The quantitative estimate of drug-likeness (QED) is 0.755. The molecule has 1 aliphatic heterocycles. The molecule has 1 amide bonds. The summed E-state index contributed by atoms with van der Waals surface area (Å²) in [6.45, 7) is 6.63. The predicted molar refractivity (Wildman–Crippen MR) is 74.2 cm³/mol. The Morgan fingerprint density at radius 1 is 1.28 bits per heavy atom. The summed E-state index contributed by atoms with van der Waals surface area (Å²) in [4.78, 5) is 14.7. The van der Waals surface area contributed by atoms with Crippen LogP contribution in [0.25, 0.3) is 0 Å². The second-order valence-corrected chi connectivity index (χ2v) is 5.99. The van der Waals surface area contributed by atoms with E-state index in [1.165, 1.54) is 19.3 Å². The third-order valence-electron chi connectivity index (χ3n) is 4.43. The summed E-state index contributed by atoms with van der Waals surface area (Å²) in [6.07, 6.45) is 8.46. The fourth-order valence-corrected chi connectivity index (χ4v) is 3.12. The van der Waals surface area contributed by atoms with Gasteiger partial charge in [0, 0.05) is 6.04 Å². The number of unbranched alkanes of at least 4 members (excludes halogenated alkanes) is 1. The lowest BCUT2D eigenvalue weighted by atomic mass is 10.1. The molecule has 1 aliphatic carbocycles. The molecule has 0 aromatic carbocycles. The Morgan fingerprint density at radius 2 is 2.00 bits per heavy atom. The van der Waals surface area contributed by atoms with Gasteiger partial charge >= 0.3 is 0 Å².